The van der Waals surface area contributed by atoms with Crippen molar-refractivity contribution in [1.82, 2.24) is 14.5 Å². The first kappa shape index (κ1) is 20.9. The van der Waals surface area contributed by atoms with Gasteiger partial charge >= 0.3 is 0 Å². The smallest absolute Gasteiger partial charge is 0.0900 e. The van der Waals surface area contributed by atoms with Gasteiger partial charge in [0.1, 0.15) is 0 Å². The highest BCUT2D eigenvalue weighted by Crippen LogP contribution is 2.30. The maximum Gasteiger partial charge on any atom is 0.0900 e. The van der Waals surface area contributed by atoms with Crippen molar-refractivity contribution in [2.45, 2.75) is 33.7 Å². The molecule has 3 aromatic rings. The van der Waals surface area contributed by atoms with Gasteiger partial charge in [-0.15, -0.1) is 0 Å². The minimum Gasteiger partial charge on any atom is -0.352 e. The largest absolute Gasteiger partial charge is 0.352 e. The molecule has 2 aliphatic rings. The summed E-state index contributed by atoms with van der Waals surface area (Å²) in [5.74, 6) is 0. The number of aromatic nitrogens is 3. The van der Waals surface area contributed by atoms with E-state index in [1.165, 1.54) is 5.56 Å². The van der Waals surface area contributed by atoms with Gasteiger partial charge in [-0.1, -0.05) is 29.8 Å². The molecule has 0 amide bonds. The number of fused-ring (bicyclic) bond motifs is 2. The Bertz CT molecular complexity index is 1480. The Labute approximate surface area is 193 Å². The Morgan fingerprint density at radius 3 is 2.42 bits per heavy atom. The van der Waals surface area contributed by atoms with Gasteiger partial charge in [0, 0.05) is 17.9 Å². The van der Waals surface area contributed by atoms with Gasteiger partial charge in [-0.25, -0.2) is 4.98 Å². The molecule has 5 nitrogen and oxygen atoms in total. The minimum absolute atomic E-state index is 0.153. The molecule has 0 atom stereocenters. The van der Waals surface area contributed by atoms with Crippen LogP contribution in [0.15, 0.2) is 84.1 Å². The van der Waals surface area contributed by atoms with Gasteiger partial charge in [0.15, 0.2) is 0 Å². The minimum atomic E-state index is 0.153. The van der Waals surface area contributed by atoms with Crippen LogP contribution in [0.5, 0.6) is 0 Å². The summed E-state index contributed by atoms with van der Waals surface area (Å²) in [5, 5.41) is 4.42. The first-order valence-electron chi connectivity index (χ1n) is 11.2. The van der Waals surface area contributed by atoms with Crippen molar-refractivity contribution in [2.24, 2.45) is 4.99 Å². The first-order valence-corrected chi connectivity index (χ1v) is 11.2. The molecule has 0 unspecified atom stereocenters. The van der Waals surface area contributed by atoms with E-state index in [9.17, 15) is 0 Å². The molecule has 33 heavy (non-hydrogen) atoms. The van der Waals surface area contributed by atoms with Gasteiger partial charge < -0.3 is 9.88 Å². The molecule has 0 spiro atoms. The van der Waals surface area contributed by atoms with Crippen molar-refractivity contribution in [3.8, 4) is 17.1 Å². The number of anilines is 2. The van der Waals surface area contributed by atoms with Gasteiger partial charge in [-0.3, -0.25) is 9.98 Å². The number of nitrogens with zero attached hydrogens (tertiary/aromatic N) is 4. The van der Waals surface area contributed by atoms with E-state index in [1.807, 2.05) is 25.4 Å². The number of para-hydroxylation sites is 2. The van der Waals surface area contributed by atoms with E-state index in [4.69, 9.17) is 9.98 Å². The number of benzene rings is 3. The van der Waals surface area contributed by atoms with Crippen LogP contribution in [0.1, 0.15) is 25.0 Å². The highest BCUT2D eigenvalue weighted by molar-refractivity contribution is 5.84. The van der Waals surface area contributed by atoms with E-state index < -0.39 is 0 Å². The predicted octanol–water partition coefficient (Wildman–Crippen LogP) is 6.19. The maximum atomic E-state index is 5.00. The molecule has 0 bridgehead atoms. The molecule has 1 aromatic heterocycles. The van der Waals surface area contributed by atoms with Crippen molar-refractivity contribution in [2.75, 3.05) is 5.32 Å². The molecule has 0 saturated heterocycles. The second-order valence-corrected chi connectivity index (χ2v) is 8.73. The standard InChI is InChI=1S/C28H27N5/c1-18(2)30-25-15-28-26(14-24(25)31-21-13-20(4)16-29-17-21)32-23-7-5-6-8-27(23)33(28)22-11-9-19(3)10-12-22/h5-18,31H,1-4H3. The van der Waals surface area contributed by atoms with E-state index in [-0.39, 0.29) is 6.04 Å². The number of nitrogens with one attached hydrogen (secondary N) is 1. The second-order valence-electron chi connectivity index (χ2n) is 8.73. The van der Waals surface area contributed by atoms with Crippen LogP contribution in [-0.4, -0.2) is 20.6 Å². The highest BCUT2D eigenvalue weighted by atomic mass is 15.0. The molecule has 2 aromatic carbocycles. The van der Waals surface area contributed by atoms with Gasteiger partial charge in [0.25, 0.3) is 0 Å². The molecular weight excluding hydrogens is 406 g/mol. The van der Waals surface area contributed by atoms with Crippen LogP contribution in [-0.2, 0) is 0 Å². The van der Waals surface area contributed by atoms with Crippen molar-refractivity contribution in [3.63, 3.8) is 0 Å². The van der Waals surface area contributed by atoms with Crippen molar-refractivity contribution in [3.05, 3.63) is 95.6 Å². The summed E-state index contributed by atoms with van der Waals surface area (Å²) in [4.78, 5) is 14.3. The third kappa shape index (κ3) is 4.22. The Hall–Kier alpha value is -3.99. The summed E-state index contributed by atoms with van der Waals surface area (Å²) >= 11 is 0. The van der Waals surface area contributed by atoms with Gasteiger partial charge in [0.05, 0.1) is 45.4 Å². The Kier molecular flexibility index (Phi) is 5.38. The van der Waals surface area contributed by atoms with Crippen molar-refractivity contribution >= 4 is 22.4 Å². The van der Waals surface area contributed by atoms with E-state index in [2.05, 4.69) is 96.3 Å². The van der Waals surface area contributed by atoms with Crippen LogP contribution in [0.25, 0.3) is 28.1 Å². The number of pyridine rings is 1. The maximum absolute atomic E-state index is 5.00. The molecule has 2 heterocycles. The lowest BCUT2D eigenvalue weighted by Gasteiger charge is -2.20. The number of hydrogen-bond donors (Lipinski definition) is 1. The summed E-state index contributed by atoms with van der Waals surface area (Å²) in [5.41, 5.74) is 9.22. The molecule has 1 aliphatic carbocycles. The fourth-order valence-corrected chi connectivity index (χ4v) is 4.08. The van der Waals surface area contributed by atoms with E-state index in [1.54, 1.807) is 0 Å². The van der Waals surface area contributed by atoms with E-state index >= 15 is 0 Å². The first-order chi connectivity index (χ1) is 16.0. The second kappa shape index (κ2) is 8.51. The average Bonchev–Trinajstić information content (AvgIpc) is 2.78. The third-order valence-electron chi connectivity index (χ3n) is 5.54. The van der Waals surface area contributed by atoms with Crippen LogP contribution >= 0.6 is 0 Å². The van der Waals surface area contributed by atoms with Crippen molar-refractivity contribution in [1.29, 1.82) is 0 Å². The lowest BCUT2D eigenvalue weighted by atomic mass is 10.1. The molecule has 0 saturated carbocycles. The fraction of sp³-hybridized carbons (Fsp3) is 0.179. The van der Waals surface area contributed by atoms with Gasteiger partial charge in [-0.05, 0) is 75.7 Å². The zero-order valence-corrected chi connectivity index (χ0v) is 19.4. The lowest BCUT2D eigenvalue weighted by molar-refractivity contribution is 0.806. The summed E-state index contributed by atoms with van der Waals surface area (Å²) in [6.45, 7) is 8.33. The average molecular weight is 434 g/mol. The molecule has 5 heteroatoms. The molecule has 5 rings (SSSR count). The summed E-state index contributed by atoms with van der Waals surface area (Å²) in [6, 6.07) is 23.3. The number of aryl methyl sites for hydroxylation is 2. The molecule has 1 aliphatic heterocycles. The Morgan fingerprint density at radius 2 is 1.67 bits per heavy atom. The monoisotopic (exact) mass is 433 g/mol. The zero-order valence-electron chi connectivity index (χ0n) is 19.4. The van der Waals surface area contributed by atoms with Crippen LogP contribution in [0.2, 0.25) is 0 Å². The van der Waals surface area contributed by atoms with Crippen LogP contribution < -0.4 is 10.7 Å². The molecule has 0 radical (unpaired) electrons. The molecule has 0 fully saturated rings. The SMILES string of the molecule is Cc1ccc(-n2c3cc(=NC(C)C)c(Nc4cncc(C)c4)cc-3nc3ccccc32)cc1. The van der Waals surface area contributed by atoms with E-state index in [0.29, 0.717) is 0 Å². The topological polar surface area (TPSA) is 55.1 Å². The molecular formula is C28H27N5. The number of hydrogen-bond acceptors (Lipinski definition) is 4. The molecule has 1 N–H and O–H groups in total. The number of rotatable bonds is 4. The van der Waals surface area contributed by atoms with Crippen LogP contribution in [0, 0.1) is 13.8 Å². The van der Waals surface area contributed by atoms with Crippen LogP contribution in [0.3, 0.4) is 0 Å². The summed E-state index contributed by atoms with van der Waals surface area (Å²) < 4.78 is 2.27. The Balaban J connectivity index is 1.82. The normalized spacial score (nSPS) is 12.1. The zero-order chi connectivity index (χ0) is 22.9. The van der Waals surface area contributed by atoms with Gasteiger partial charge in [-0.2, -0.15) is 0 Å². The quantitative estimate of drug-likeness (QED) is 0.344. The third-order valence-corrected chi connectivity index (χ3v) is 5.54. The predicted molar refractivity (Wildman–Crippen MR) is 135 cm³/mol. The highest BCUT2D eigenvalue weighted by Gasteiger charge is 2.16. The molecule has 164 valence electrons. The summed E-state index contributed by atoms with van der Waals surface area (Å²) in [7, 11) is 0. The van der Waals surface area contributed by atoms with E-state index in [0.717, 1.165) is 50.4 Å². The lowest BCUT2D eigenvalue weighted by Crippen LogP contribution is -2.16. The van der Waals surface area contributed by atoms with Gasteiger partial charge in [0.2, 0.25) is 0 Å². The van der Waals surface area contributed by atoms with Crippen molar-refractivity contribution < 1.29 is 0 Å². The fourth-order valence-electron chi connectivity index (χ4n) is 4.08. The van der Waals surface area contributed by atoms with Crippen LogP contribution in [0.4, 0.5) is 11.4 Å². The Morgan fingerprint density at radius 1 is 0.879 bits per heavy atom. The summed E-state index contributed by atoms with van der Waals surface area (Å²) in [6.07, 6.45) is 3.68.